The van der Waals surface area contributed by atoms with Crippen LogP contribution in [0.1, 0.15) is 27.6 Å². The van der Waals surface area contributed by atoms with Gasteiger partial charge >= 0.3 is 5.97 Å². The Bertz CT molecular complexity index is 1030. The lowest BCUT2D eigenvalue weighted by Gasteiger charge is -2.11. The first kappa shape index (κ1) is 21.2. The maximum absolute atomic E-state index is 12.8. The van der Waals surface area contributed by atoms with E-state index < -0.39 is 11.9 Å². The van der Waals surface area contributed by atoms with Gasteiger partial charge in [-0.1, -0.05) is 53.5 Å². The number of benzene rings is 2. The third-order valence-electron chi connectivity index (χ3n) is 4.05. The maximum Gasteiger partial charge on any atom is 0.341 e. The van der Waals surface area contributed by atoms with Crippen LogP contribution in [-0.2, 0) is 4.74 Å². The number of thiophene rings is 1. The van der Waals surface area contributed by atoms with Crippen LogP contribution >= 0.6 is 34.5 Å². The van der Waals surface area contributed by atoms with E-state index in [0.29, 0.717) is 21.9 Å². The Morgan fingerprint density at radius 1 is 1.10 bits per heavy atom. The average molecular weight is 450 g/mol. The standard InChI is InChI=1S/C21H17Cl2NO4S/c1-3-28-21(26)17-14(12-7-5-4-6-8-12)11-29-20(17)24-19(25)13-9-15(22)18(27-2)16(23)10-13/h4-11H,3H2,1-2H3,(H,24,25). The molecule has 0 bridgehead atoms. The molecule has 1 N–H and O–H groups in total. The second kappa shape index (κ2) is 9.31. The molecule has 29 heavy (non-hydrogen) atoms. The van der Waals surface area contributed by atoms with Crippen molar-refractivity contribution in [2.45, 2.75) is 6.92 Å². The van der Waals surface area contributed by atoms with Crippen LogP contribution in [0.4, 0.5) is 5.00 Å². The first-order chi connectivity index (χ1) is 14.0. The lowest BCUT2D eigenvalue weighted by Crippen LogP contribution is -2.15. The molecular formula is C21H17Cl2NO4S. The van der Waals surface area contributed by atoms with E-state index in [2.05, 4.69) is 5.32 Å². The molecule has 0 aliphatic heterocycles. The second-order valence-corrected chi connectivity index (χ2v) is 7.56. The molecule has 0 fully saturated rings. The summed E-state index contributed by atoms with van der Waals surface area (Å²) in [7, 11) is 1.44. The van der Waals surface area contributed by atoms with Crippen LogP contribution in [0.25, 0.3) is 11.1 Å². The number of hydrogen-bond donors (Lipinski definition) is 1. The number of ether oxygens (including phenoxy) is 2. The molecule has 0 aliphatic rings. The Morgan fingerprint density at radius 3 is 2.34 bits per heavy atom. The average Bonchev–Trinajstić information content (AvgIpc) is 3.12. The number of nitrogens with one attached hydrogen (secondary N) is 1. The zero-order valence-electron chi connectivity index (χ0n) is 15.6. The highest BCUT2D eigenvalue weighted by molar-refractivity contribution is 7.15. The monoisotopic (exact) mass is 449 g/mol. The SMILES string of the molecule is CCOC(=O)c1c(-c2ccccc2)csc1NC(=O)c1cc(Cl)c(OC)c(Cl)c1. The summed E-state index contributed by atoms with van der Waals surface area (Å²) in [5, 5.41) is 5.39. The van der Waals surface area contributed by atoms with Crippen molar-refractivity contribution in [2.24, 2.45) is 0 Å². The van der Waals surface area contributed by atoms with Crippen LogP contribution in [0.15, 0.2) is 47.8 Å². The maximum atomic E-state index is 12.8. The normalized spacial score (nSPS) is 10.5. The molecule has 1 amide bonds. The van der Waals surface area contributed by atoms with Crippen molar-refractivity contribution in [2.75, 3.05) is 19.0 Å². The Balaban J connectivity index is 1.98. The fourth-order valence-electron chi connectivity index (χ4n) is 2.75. The van der Waals surface area contributed by atoms with E-state index >= 15 is 0 Å². The van der Waals surface area contributed by atoms with Gasteiger partial charge in [0.15, 0.2) is 5.75 Å². The van der Waals surface area contributed by atoms with Gasteiger partial charge in [-0.3, -0.25) is 4.79 Å². The summed E-state index contributed by atoms with van der Waals surface area (Å²) in [5.41, 5.74) is 2.09. The fraction of sp³-hybridized carbons (Fsp3) is 0.143. The minimum Gasteiger partial charge on any atom is -0.494 e. The topological polar surface area (TPSA) is 64.6 Å². The van der Waals surface area contributed by atoms with E-state index in [1.165, 1.54) is 30.6 Å². The lowest BCUT2D eigenvalue weighted by molar-refractivity contribution is 0.0529. The third kappa shape index (κ3) is 4.56. The largest absolute Gasteiger partial charge is 0.494 e. The van der Waals surface area contributed by atoms with Crippen molar-refractivity contribution in [3.8, 4) is 16.9 Å². The minimum absolute atomic E-state index is 0.215. The Hall–Kier alpha value is -2.54. The summed E-state index contributed by atoms with van der Waals surface area (Å²) < 4.78 is 10.3. The lowest BCUT2D eigenvalue weighted by atomic mass is 10.0. The van der Waals surface area contributed by atoms with Crippen LogP contribution in [0.2, 0.25) is 10.0 Å². The zero-order valence-corrected chi connectivity index (χ0v) is 18.0. The summed E-state index contributed by atoms with van der Waals surface area (Å²) in [6.07, 6.45) is 0. The number of halogens is 2. The number of methoxy groups -OCH3 is 1. The predicted octanol–water partition coefficient (Wildman–Crippen LogP) is 6.16. The number of anilines is 1. The number of esters is 1. The molecule has 0 atom stereocenters. The van der Waals surface area contributed by atoms with E-state index in [0.717, 1.165) is 5.56 Å². The highest BCUT2D eigenvalue weighted by Crippen LogP contribution is 2.37. The molecule has 3 rings (SSSR count). The predicted molar refractivity (Wildman–Crippen MR) is 117 cm³/mol. The molecule has 0 saturated heterocycles. The molecule has 150 valence electrons. The molecule has 2 aromatic carbocycles. The van der Waals surface area contributed by atoms with Crippen molar-refractivity contribution in [3.63, 3.8) is 0 Å². The van der Waals surface area contributed by atoms with Crippen LogP contribution in [-0.4, -0.2) is 25.6 Å². The third-order valence-corrected chi connectivity index (χ3v) is 5.50. The van der Waals surface area contributed by atoms with E-state index in [-0.39, 0.29) is 22.2 Å². The van der Waals surface area contributed by atoms with Gasteiger partial charge < -0.3 is 14.8 Å². The molecule has 0 unspecified atom stereocenters. The van der Waals surface area contributed by atoms with E-state index in [9.17, 15) is 9.59 Å². The Morgan fingerprint density at radius 2 is 1.76 bits per heavy atom. The summed E-state index contributed by atoms with van der Waals surface area (Å²) in [4.78, 5) is 25.4. The van der Waals surface area contributed by atoms with E-state index in [4.69, 9.17) is 32.7 Å². The van der Waals surface area contributed by atoms with Gasteiger partial charge in [0.2, 0.25) is 0 Å². The Labute approximate surface area is 182 Å². The van der Waals surface area contributed by atoms with Crippen molar-refractivity contribution in [3.05, 3.63) is 69.0 Å². The van der Waals surface area contributed by atoms with E-state index in [1.54, 1.807) is 6.92 Å². The van der Waals surface area contributed by atoms with Crippen molar-refractivity contribution in [1.82, 2.24) is 0 Å². The summed E-state index contributed by atoms with van der Waals surface area (Å²) in [5.74, 6) is -0.670. The summed E-state index contributed by atoms with van der Waals surface area (Å²) >= 11 is 13.5. The van der Waals surface area contributed by atoms with Crippen LogP contribution < -0.4 is 10.1 Å². The highest BCUT2D eigenvalue weighted by Gasteiger charge is 2.23. The molecule has 1 aromatic heterocycles. The number of carbonyl (C=O) groups excluding carboxylic acids is 2. The molecule has 0 saturated carbocycles. The van der Waals surface area contributed by atoms with Gasteiger partial charge in [-0.2, -0.15) is 0 Å². The second-order valence-electron chi connectivity index (χ2n) is 5.87. The summed E-state index contributed by atoms with van der Waals surface area (Å²) in [6.45, 7) is 1.95. The molecule has 8 heteroatoms. The van der Waals surface area contributed by atoms with Crippen molar-refractivity contribution >= 4 is 51.4 Å². The van der Waals surface area contributed by atoms with Gasteiger partial charge in [-0.15, -0.1) is 11.3 Å². The molecule has 1 heterocycles. The van der Waals surface area contributed by atoms with E-state index in [1.807, 2.05) is 35.7 Å². The Kier molecular flexibility index (Phi) is 6.79. The van der Waals surface area contributed by atoms with Crippen LogP contribution in [0.5, 0.6) is 5.75 Å². The minimum atomic E-state index is -0.506. The molecular weight excluding hydrogens is 433 g/mol. The molecule has 5 nitrogen and oxygen atoms in total. The smallest absolute Gasteiger partial charge is 0.341 e. The quantitative estimate of drug-likeness (QED) is 0.457. The zero-order chi connectivity index (χ0) is 21.0. The molecule has 0 spiro atoms. The molecule has 3 aromatic rings. The van der Waals surface area contributed by atoms with Gasteiger partial charge in [-0.25, -0.2) is 4.79 Å². The summed E-state index contributed by atoms with van der Waals surface area (Å²) in [6, 6.07) is 12.3. The number of amides is 1. The molecule has 0 radical (unpaired) electrons. The highest BCUT2D eigenvalue weighted by atomic mass is 35.5. The number of rotatable bonds is 6. The van der Waals surface area contributed by atoms with Gasteiger partial charge in [0.1, 0.15) is 10.6 Å². The van der Waals surface area contributed by atoms with Crippen molar-refractivity contribution in [1.29, 1.82) is 0 Å². The number of hydrogen-bond acceptors (Lipinski definition) is 5. The first-order valence-electron chi connectivity index (χ1n) is 8.64. The van der Waals surface area contributed by atoms with Gasteiger partial charge in [0, 0.05) is 16.5 Å². The number of carbonyl (C=O) groups is 2. The molecule has 0 aliphatic carbocycles. The first-order valence-corrected chi connectivity index (χ1v) is 10.3. The van der Waals surface area contributed by atoms with Gasteiger partial charge in [0.25, 0.3) is 5.91 Å². The van der Waals surface area contributed by atoms with Gasteiger partial charge in [0.05, 0.1) is 23.8 Å². The fourth-order valence-corrected chi connectivity index (χ4v) is 4.34. The van der Waals surface area contributed by atoms with Crippen LogP contribution in [0, 0.1) is 0 Å². The van der Waals surface area contributed by atoms with Gasteiger partial charge in [-0.05, 0) is 24.6 Å². The van der Waals surface area contributed by atoms with Crippen LogP contribution in [0.3, 0.4) is 0 Å². The van der Waals surface area contributed by atoms with Crippen molar-refractivity contribution < 1.29 is 19.1 Å².